The maximum Gasteiger partial charge on any atom is 0.339 e. The minimum atomic E-state index is -0.988. The highest BCUT2D eigenvalue weighted by Crippen LogP contribution is 2.30. The lowest BCUT2D eigenvalue weighted by atomic mass is 10.1. The second kappa shape index (κ2) is 5.16. The van der Waals surface area contributed by atoms with Gasteiger partial charge in [-0.1, -0.05) is 13.8 Å². The summed E-state index contributed by atoms with van der Waals surface area (Å²) >= 11 is 4.90. The van der Waals surface area contributed by atoms with Crippen molar-refractivity contribution in [3.05, 3.63) is 33.4 Å². The Bertz CT molecular complexity index is 596. The Labute approximate surface area is 117 Å². The van der Waals surface area contributed by atoms with Gasteiger partial charge in [0.25, 0.3) is 0 Å². The first-order valence-corrected chi connectivity index (χ1v) is 6.96. The zero-order chi connectivity index (χ0) is 13.3. The van der Waals surface area contributed by atoms with E-state index in [2.05, 4.69) is 25.9 Å². The van der Waals surface area contributed by atoms with Crippen molar-refractivity contribution in [2.45, 2.75) is 19.8 Å². The monoisotopic (exact) mass is 326 g/mol. The number of thiophene rings is 1. The molecule has 0 amide bonds. The lowest BCUT2D eigenvalue weighted by molar-refractivity contribution is 0.0694. The number of aromatic nitrogens is 2. The molecule has 1 N–H and O–H groups in total. The summed E-state index contributed by atoms with van der Waals surface area (Å²) in [5.41, 5.74) is 0.737. The molecule has 0 fully saturated rings. The van der Waals surface area contributed by atoms with E-state index in [1.807, 2.05) is 26.0 Å². The second-order valence-corrected chi connectivity index (χ2v) is 6.52. The maximum absolute atomic E-state index is 11.1. The number of halogens is 1. The summed E-state index contributed by atoms with van der Waals surface area (Å²) in [6.45, 7) is 3.84. The lowest BCUT2D eigenvalue weighted by Gasteiger charge is -2.09. The van der Waals surface area contributed by atoms with E-state index in [-0.39, 0.29) is 11.5 Å². The van der Waals surface area contributed by atoms with Gasteiger partial charge in [-0.25, -0.2) is 14.8 Å². The number of carboxylic acids is 1. The predicted molar refractivity (Wildman–Crippen MR) is 74.1 cm³/mol. The Morgan fingerprint density at radius 2 is 2.17 bits per heavy atom. The molecule has 2 rings (SSSR count). The number of nitrogens with zero attached hydrogens (tertiary/aromatic N) is 2. The highest BCUT2D eigenvalue weighted by molar-refractivity contribution is 9.11. The van der Waals surface area contributed by atoms with Crippen molar-refractivity contribution in [3.63, 3.8) is 0 Å². The molecule has 2 heterocycles. The molecule has 2 aromatic rings. The van der Waals surface area contributed by atoms with Crippen LogP contribution in [0.1, 0.15) is 35.8 Å². The third-order valence-corrected chi connectivity index (χ3v) is 4.01. The van der Waals surface area contributed by atoms with E-state index in [4.69, 9.17) is 5.11 Å². The van der Waals surface area contributed by atoms with Crippen LogP contribution in [-0.4, -0.2) is 21.0 Å². The van der Waals surface area contributed by atoms with Crippen LogP contribution in [0.15, 0.2) is 22.1 Å². The molecule has 0 aromatic carbocycles. The van der Waals surface area contributed by atoms with E-state index in [1.54, 1.807) is 0 Å². The van der Waals surface area contributed by atoms with E-state index in [0.717, 1.165) is 8.66 Å². The van der Waals surface area contributed by atoms with E-state index in [9.17, 15) is 4.79 Å². The third-order valence-electron chi connectivity index (χ3n) is 2.39. The molecule has 0 saturated carbocycles. The van der Waals surface area contributed by atoms with E-state index >= 15 is 0 Å². The van der Waals surface area contributed by atoms with Gasteiger partial charge in [-0.3, -0.25) is 0 Å². The zero-order valence-corrected chi connectivity index (χ0v) is 12.2. The SMILES string of the molecule is CC(C)c1nc(-c2ccc(Br)s2)ncc1C(=O)O. The van der Waals surface area contributed by atoms with Crippen LogP contribution in [0.4, 0.5) is 0 Å². The molecule has 94 valence electrons. The summed E-state index contributed by atoms with van der Waals surface area (Å²) in [5, 5.41) is 9.10. The molecular weight excluding hydrogens is 316 g/mol. The van der Waals surface area contributed by atoms with Gasteiger partial charge in [0.1, 0.15) is 0 Å². The zero-order valence-electron chi connectivity index (χ0n) is 9.85. The number of carboxylic acid groups (broad SMARTS) is 1. The molecule has 0 aliphatic rings. The van der Waals surface area contributed by atoms with Crippen LogP contribution >= 0.6 is 27.3 Å². The van der Waals surface area contributed by atoms with Crippen LogP contribution in [-0.2, 0) is 0 Å². The molecule has 4 nitrogen and oxygen atoms in total. The minimum Gasteiger partial charge on any atom is -0.478 e. The highest BCUT2D eigenvalue weighted by Gasteiger charge is 2.17. The highest BCUT2D eigenvalue weighted by atomic mass is 79.9. The maximum atomic E-state index is 11.1. The quantitative estimate of drug-likeness (QED) is 0.932. The van der Waals surface area contributed by atoms with Crippen molar-refractivity contribution >= 4 is 33.2 Å². The Morgan fingerprint density at radius 3 is 2.67 bits per heavy atom. The number of hydrogen-bond acceptors (Lipinski definition) is 4. The first kappa shape index (κ1) is 13.2. The normalized spacial score (nSPS) is 10.9. The minimum absolute atomic E-state index is 0.0428. The summed E-state index contributed by atoms with van der Waals surface area (Å²) in [4.78, 5) is 20.5. The molecule has 0 aliphatic heterocycles. The van der Waals surface area contributed by atoms with E-state index in [0.29, 0.717) is 11.5 Å². The van der Waals surface area contributed by atoms with Crippen molar-refractivity contribution in [3.8, 4) is 10.7 Å². The summed E-state index contributed by atoms with van der Waals surface area (Å²) in [7, 11) is 0. The smallest absolute Gasteiger partial charge is 0.339 e. The summed E-state index contributed by atoms with van der Waals surface area (Å²) < 4.78 is 0.995. The topological polar surface area (TPSA) is 63.1 Å². The molecule has 0 radical (unpaired) electrons. The average Bonchev–Trinajstić information content (AvgIpc) is 2.75. The molecule has 2 aromatic heterocycles. The molecular formula is C12H11BrN2O2S. The van der Waals surface area contributed by atoms with Crippen LogP contribution in [0.3, 0.4) is 0 Å². The number of carbonyl (C=O) groups is 1. The van der Waals surface area contributed by atoms with Crippen molar-refractivity contribution in [2.24, 2.45) is 0 Å². The van der Waals surface area contributed by atoms with Gasteiger partial charge in [0.05, 0.1) is 19.9 Å². The van der Waals surface area contributed by atoms with Gasteiger partial charge in [0.2, 0.25) is 0 Å². The largest absolute Gasteiger partial charge is 0.478 e. The summed E-state index contributed by atoms with van der Waals surface area (Å²) in [6.07, 6.45) is 1.38. The van der Waals surface area contributed by atoms with E-state index < -0.39 is 5.97 Å². The third kappa shape index (κ3) is 2.59. The van der Waals surface area contributed by atoms with Crippen LogP contribution < -0.4 is 0 Å². The van der Waals surface area contributed by atoms with Crippen molar-refractivity contribution in [1.82, 2.24) is 9.97 Å². The van der Waals surface area contributed by atoms with Gasteiger partial charge in [-0.2, -0.15) is 0 Å². The van der Waals surface area contributed by atoms with Gasteiger partial charge in [0.15, 0.2) is 5.82 Å². The van der Waals surface area contributed by atoms with Gasteiger partial charge in [-0.15, -0.1) is 11.3 Å². The number of rotatable bonds is 3. The molecule has 0 spiro atoms. The first-order valence-electron chi connectivity index (χ1n) is 5.35. The summed E-state index contributed by atoms with van der Waals surface area (Å²) in [5.74, 6) is -0.377. The predicted octanol–water partition coefficient (Wildman–Crippen LogP) is 3.79. The second-order valence-electron chi connectivity index (χ2n) is 4.06. The Hall–Kier alpha value is -1.27. The van der Waals surface area contributed by atoms with Crippen LogP contribution in [0, 0.1) is 0 Å². The molecule has 0 unspecified atom stereocenters. The fourth-order valence-electron chi connectivity index (χ4n) is 1.55. The number of aromatic carboxylic acids is 1. The fraction of sp³-hybridized carbons (Fsp3) is 0.250. The average molecular weight is 327 g/mol. The van der Waals surface area contributed by atoms with Crippen LogP contribution in [0.2, 0.25) is 0 Å². The molecule has 6 heteroatoms. The Morgan fingerprint density at radius 1 is 1.44 bits per heavy atom. The molecule has 0 atom stereocenters. The fourth-order valence-corrected chi connectivity index (χ4v) is 2.88. The molecule has 18 heavy (non-hydrogen) atoms. The lowest BCUT2D eigenvalue weighted by Crippen LogP contribution is -2.08. The van der Waals surface area contributed by atoms with Gasteiger partial charge in [-0.05, 0) is 34.0 Å². The van der Waals surface area contributed by atoms with Crippen LogP contribution in [0.25, 0.3) is 10.7 Å². The first-order chi connectivity index (χ1) is 8.49. The molecule has 0 aliphatic carbocycles. The number of hydrogen-bond donors (Lipinski definition) is 1. The summed E-state index contributed by atoms with van der Waals surface area (Å²) in [6, 6.07) is 3.83. The van der Waals surface area contributed by atoms with Gasteiger partial charge in [0, 0.05) is 6.20 Å². The van der Waals surface area contributed by atoms with Crippen molar-refractivity contribution in [1.29, 1.82) is 0 Å². The Kier molecular flexibility index (Phi) is 3.77. The van der Waals surface area contributed by atoms with E-state index in [1.165, 1.54) is 17.5 Å². The molecule has 0 bridgehead atoms. The van der Waals surface area contributed by atoms with Gasteiger partial charge < -0.3 is 5.11 Å². The van der Waals surface area contributed by atoms with Crippen LogP contribution in [0.5, 0.6) is 0 Å². The van der Waals surface area contributed by atoms with Gasteiger partial charge >= 0.3 is 5.97 Å². The van der Waals surface area contributed by atoms with Crippen molar-refractivity contribution in [2.75, 3.05) is 0 Å². The molecule has 0 saturated heterocycles. The van der Waals surface area contributed by atoms with Crippen molar-refractivity contribution < 1.29 is 9.90 Å². The standard InChI is InChI=1S/C12H11BrN2O2S/c1-6(2)10-7(12(16)17)5-14-11(15-10)8-3-4-9(13)18-8/h3-6H,1-2H3,(H,16,17). The Balaban J connectivity index is 2.53.